The highest BCUT2D eigenvalue weighted by Gasteiger charge is 2.45. The molecule has 0 bridgehead atoms. The van der Waals surface area contributed by atoms with E-state index < -0.39 is 0 Å². The first-order valence-corrected chi connectivity index (χ1v) is 7.51. The molecule has 0 saturated heterocycles. The van der Waals surface area contributed by atoms with Crippen molar-refractivity contribution in [3.8, 4) is 0 Å². The molecule has 1 aromatic rings. The Bertz CT molecular complexity index is 518. The van der Waals surface area contributed by atoms with Gasteiger partial charge in [-0.1, -0.05) is 25.5 Å². The largest absolute Gasteiger partial charge is 0.369 e. The molecule has 1 heterocycles. The lowest BCUT2D eigenvalue weighted by Crippen LogP contribution is -2.54. The third kappa shape index (κ3) is 2.07. The molecule has 20 heavy (non-hydrogen) atoms. The van der Waals surface area contributed by atoms with Crippen molar-refractivity contribution in [1.82, 2.24) is 0 Å². The van der Waals surface area contributed by atoms with E-state index in [4.69, 9.17) is 5.73 Å². The van der Waals surface area contributed by atoms with Gasteiger partial charge in [-0.3, -0.25) is 4.99 Å². The Balaban J connectivity index is 1.92. The number of halogens is 1. The van der Waals surface area contributed by atoms with Crippen molar-refractivity contribution in [2.45, 2.75) is 44.6 Å². The molecule has 0 aromatic heterocycles. The predicted octanol–water partition coefficient (Wildman–Crippen LogP) is 3.30. The molecular formula is C16H22FN3. The van der Waals surface area contributed by atoms with E-state index in [1.165, 1.54) is 25.3 Å². The highest BCUT2D eigenvalue weighted by Crippen LogP contribution is 2.42. The minimum atomic E-state index is -0.218. The van der Waals surface area contributed by atoms with Crippen LogP contribution in [0.25, 0.3) is 0 Å². The molecule has 0 unspecified atom stereocenters. The fraction of sp³-hybridized carbons (Fsp3) is 0.562. The summed E-state index contributed by atoms with van der Waals surface area (Å²) in [6.45, 7) is 2.94. The van der Waals surface area contributed by atoms with E-state index in [0.717, 1.165) is 18.8 Å². The third-order valence-electron chi connectivity index (χ3n) is 4.95. The lowest BCUT2D eigenvalue weighted by molar-refractivity contribution is 0.243. The lowest BCUT2D eigenvalue weighted by atomic mass is 9.75. The molecule has 0 atom stereocenters. The van der Waals surface area contributed by atoms with Crippen molar-refractivity contribution >= 4 is 11.6 Å². The standard InChI is InChI=1S/C16H22FN3/c1-2-12-7-9-16(10-8-12)11-19-15(18)20(16)14-6-4-3-5-13(14)17/h3-6,12H,2,7-11H2,1H3,(H2,18,19). The zero-order chi connectivity index (χ0) is 14.2. The number of guanidine groups is 1. The summed E-state index contributed by atoms with van der Waals surface area (Å²) in [5.41, 5.74) is 6.53. The first-order chi connectivity index (χ1) is 9.66. The van der Waals surface area contributed by atoms with Crippen molar-refractivity contribution in [3.05, 3.63) is 30.1 Å². The quantitative estimate of drug-likeness (QED) is 0.899. The molecule has 1 spiro atoms. The number of anilines is 1. The Morgan fingerprint density at radius 1 is 1.35 bits per heavy atom. The van der Waals surface area contributed by atoms with Crippen molar-refractivity contribution < 1.29 is 4.39 Å². The third-order valence-corrected chi connectivity index (χ3v) is 4.95. The first-order valence-electron chi connectivity index (χ1n) is 7.51. The Morgan fingerprint density at radius 3 is 2.70 bits per heavy atom. The molecule has 4 heteroatoms. The van der Waals surface area contributed by atoms with E-state index in [2.05, 4.69) is 11.9 Å². The minimum Gasteiger partial charge on any atom is -0.369 e. The van der Waals surface area contributed by atoms with Gasteiger partial charge in [0.05, 0.1) is 17.8 Å². The normalized spacial score (nSPS) is 29.8. The summed E-state index contributed by atoms with van der Waals surface area (Å²) >= 11 is 0. The summed E-state index contributed by atoms with van der Waals surface area (Å²) in [5, 5.41) is 0. The van der Waals surface area contributed by atoms with E-state index >= 15 is 0 Å². The first kappa shape index (κ1) is 13.4. The zero-order valence-electron chi connectivity index (χ0n) is 12.0. The van der Waals surface area contributed by atoms with Crippen LogP contribution in [0.2, 0.25) is 0 Å². The average Bonchev–Trinajstić information content (AvgIpc) is 2.78. The molecule has 2 aliphatic rings. The fourth-order valence-electron chi connectivity index (χ4n) is 3.63. The van der Waals surface area contributed by atoms with Gasteiger partial charge in [0.15, 0.2) is 5.96 Å². The molecule has 108 valence electrons. The maximum atomic E-state index is 14.1. The van der Waals surface area contributed by atoms with Crippen LogP contribution in [0.3, 0.4) is 0 Å². The van der Waals surface area contributed by atoms with Crippen LogP contribution in [0.1, 0.15) is 39.0 Å². The highest BCUT2D eigenvalue weighted by atomic mass is 19.1. The van der Waals surface area contributed by atoms with Gasteiger partial charge < -0.3 is 10.6 Å². The zero-order valence-corrected chi connectivity index (χ0v) is 12.0. The highest BCUT2D eigenvalue weighted by molar-refractivity contribution is 5.98. The second-order valence-electron chi connectivity index (χ2n) is 6.04. The van der Waals surface area contributed by atoms with Crippen LogP contribution in [0.4, 0.5) is 10.1 Å². The average molecular weight is 275 g/mol. The van der Waals surface area contributed by atoms with Crippen molar-refractivity contribution in [2.75, 3.05) is 11.4 Å². The van der Waals surface area contributed by atoms with E-state index in [9.17, 15) is 4.39 Å². The molecule has 1 aliphatic heterocycles. The van der Waals surface area contributed by atoms with Crippen LogP contribution >= 0.6 is 0 Å². The molecule has 1 saturated carbocycles. The van der Waals surface area contributed by atoms with E-state index in [-0.39, 0.29) is 11.4 Å². The molecule has 1 fully saturated rings. The number of hydrogen-bond donors (Lipinski definition) is 1. The number of aliphatic imine (C=N–C) groups is 1. The van der Waals surface area contributed by atoms with Gasteiger partial charge in [0.2, 0.25) is 0 Å². The monoisotopic (exact) mass is 275 g/mol. The van der Waals surface area contributed by atoms with Gasteiger partial charge in [-0.15, -0.1) is 0 Å². The molecule has 1 aromatic carbocycles. The Labute approximate surface area is 119 Å². The van der Waals surface area contributed by atoms with Crippen molar-refractivity contribution in [2.24, 2.45) is 16.6 Å². The van der Waals surface area contributed by atoms with Gasteiger partial charge in [0.25, 0.3) is 0 Å². The summed E-state index contributed by atoms with van der Waals surface area (Å²) in [6, 6.07) is 6.86. The molecule has 2 N–H and O–H groups in total. The summed E-state index contributed by atoms with van der Waals surface area (Å²) < 4.78 is 14.1. The van der Waals surface area contributed by atoms with E-state index in [1.807, 2.05) is 11.0 Å². The Kier molecular flexibility index (Phi) is 3.40. The Morgan fingerprint density at radius 2 is 2.05 bits per heavy atom. The maximum Gasteiger partial charge on any atom is 0.196 e. The second-order valence-corrected chi connectivity index (χ2v) is 6.04. The second kappa shape index (κ2) is 5.08. The SMILES string of the molecule is CCC1CCC2(CC1)CN=C(N)N2c1ccccc1F. The molecule has 3 nitrogen and oxygen atoms in total. The summed E-state index contributed by atoms with van der Waals surface area (Å²) in [5.74, 6) is 1.04. The number of nitrogens with zero attached hydrogens (tertiary/aromatic N) is 2. The number of benzene rings is 1. The van der Waals surface area contributed by atoms with Gasteiger partial charge in [0.1, 0.15) is 5.82 Å². The van der Waals surface area contributed by atoms with Crippen LogP contribution in [-0.4, -0.2) is 18.0 Å². The predicted molar refractivity (Wildman–Crippen MR) is 80.3 cm³/mol. The van der Waals surface area contributed by atoms with E-state index in [0.29, 0.717) is 18.2 Å². The van der Waals surface area contributed by atoms with Gasteiger partial charge in [0, 0.05) is 0 Å². The van der Waals surface area contributed by atoms with E-state index in [1.54, 1.807) is 12.1 Å². The van der Waals surface area contributed by atoms with Crippen LogP contribution in [-0.2, 0) is 0 Å². The van der Waals surface area contributed by atoms with Gasteiger partial charge >= 0.3 is 0 Å². The number of hydrogen-bond acceptors (Lipinski definition) is 3. The summed E-state index contributed by atoms with van der Waals surface area (Å²) in [4.78, 5) is 6.37. The molecule has 0 radical (unpaired) electrons. The number of nitrogens with two attached hydrogens (primary N) is 1. The number of rotatable bonds is 2. The topological polar surface area (TPSA) is 41.6 Å². The summed E-state index contributed by atoms with van der Waals surface area (Å²) in [7, 11) is 0. The number of para-hydroxylation sites is 1. The fourth-order valence-corrected chi connectivity index (χ4v) is 3.63. The van der Waals surface area contributed by atoms with Crippen molar-refractivity contribution in [3.63, 3.8) is 0 Å². The van der Waals surface area contributed by atoms with Gasteiger partial charge in [-0.25, -0.2) is 4.39 Å². The molecular weight excluding hydrogens is 253 g/mol. The van der Waals surface area contributed by atoms with Crippen LogP contribution < -0.4 is 10.6 Å². The maximum absolute atomic E-state index is 14.1. The van der Waals surface area contributed by atoms with Crippen LogP contribution in [0, 0.1) is 11.7 Å². The van der Waals surface area contributed by atoms with Crippen LogP contribution in [0.15, 0.2) is 29.3 Å². The molecule has 3 rings (SSSR count). The Hall–Kier alpha value is -1.58. The molecule has 1 aliphatic carbocycles. The lowest BCUT2D eigenvalue weighted by Gasteiger charge is -2.44. The van der Waals surface area contributed by atoms with Crippen molar-refractivity contribution in [1.29, 1.82) is 0 Å². The van der Waals surface area contributed by atoms with Crippen LogP contribution in [0.5, 0.6) is 0 Å². The minimum absolute atomic E-state index is 0.0993. The van der Waals surface area contributed by atoms with Gasteiger partial charge in [-0.05, 0) is 43.7 Å². The smallest absolute Gasteiger partial charge is 0.196 e. The molecule has 0 amide bonds. The summed E-state index contributed by atoms with van der Waals surface area (Å²) in [6.07, 6.45) is 5.69. The van der Waals surface area contributed by atoms with Gasteiger partial charge in [-0.2, -0.15) is 0 Å².